The Hall–Kier alpha value is -1.58. The number of hydrogen-bond donors (Lipinski definition) is 2. The fourth-order valence-corrected chi connectivity index (χ4v) is 4.10. The number of urea groups is 1. The first-order valence-corrected chi connectivity index (χ1v) is 10.0. The van der Waals surface area contributed by atoms with Crippen molar-refractivity contribution in [1.29, 1.82) is 0 Å². The van der Waals surface area contributed by atoms with Crippen LogP contribution >= 0.6 is 0 Å². The van der Waals surface area contributed by atoms with E-state index in [9.17, 15) is 4.79 Å². The highest BCUT2D eigenvalue weighted by Gasteiger charge is 2.30. The van der Waals surface area contributed by atoms with Gasteiger partial charge in [-0.15, -0.1) is 0 Å². The summed E-state index contributed by atoms with van der Waals surface area (Å²) in [6.07, 6.45) is 11.3. The van der Waals surface area contributed by atoms with E-state index in [1.54, 1.807) is 12.4 Å². The highest BCUT2D eigenvalue weighted by atomic mass is 16.2. The molecule has 1 saturated carbocycles. The zero-order valence-corrected chi connectivity index (χ0v) is 16.1. The molecule has 4 nitrogen and oxygen atoms in total. The van der Waals surface area contributed by atoms with E-state index in [2.05, 4.69) is 36.4 Å². The predicted octanol–water partition coefficient (Wildman–Crippen LogP) is 4.76. The highest BCUT2D eigenvalue weighted by Crippen LogP contribution is 2.39. The molecule has 1 aromatic rings. The number of amides is 2. The smallest absolute Gasteiger partial charge is 0.315 e. The summed E-state index contributed by atoms with van der Waals surface area (Å²) in [6, 6.07) is 3.79. The number of pyridine rings is 1. The number of rotatable bonds is 8. The quantitative estimate of drug-likeness (QED) is 0.714. The second-order valence-corrected chi connectivity index (χ2v) is 7.78. The minimum Gasteiger partial charge on any atom is -0.338 e. The van der Waals surface area contributed by atoms with Crippen molar-refractivity contribution >= 4 is 6.03 Å². The van der Waals surface area contributed by atoms with Crippen LogP contribution < -0.4 is 10.6 Å². The summed E-state index contributed by atoms with van der Waals surface area (Å²) < 4.78 is 0. The van der Waals surface area contributed by atoms with Gasteiger partial charge in [0.15, 0.2) is 0 Å². The summed E-state index contributed by atoms with van der Waals surface area (Å²) in [4.78, 5) is 16.1. The molecule has 4 unspecified atom stereocenters. The Bertz CT molecular complexity index is 505. The van der Waals surface area contributed by atoms with Crippen molar-refractivity contribution < 1.29 is 4.79 Å². The molecule has 0 saturated heterocycles. The van der Waals surface area contributed by atoms with Crippen LogP contribution in [-0.4, -0.2) is 17.6 Å². The van der Waals surface area contributed by atoms with E-state index in [0.29, 0.717) is 12.5 Å². The van der Waals surface area contributed by atoms with Crippen molar-refractivity contribution in [3.8, 4) is 0 Å². The fourth-order valence-electron chi connectivity index (χ4n) is 4.10. The van der Waals surface area contributed by atoms with Crippen molar-refractivity contribution in [2.75, 3.05) is 6.54 Å². The lowest BCUT2D eigenvalue weighted by atomic mass is 9.70. The molecule has 0 spiro atoms. The van der Waals surface area contributed by atoms with Gasteiger partial charge in [0.2, 0.25) is 0 Å². The maximum Gasteiger partial charge on any atom is 0.315 e. The number of nitrogens with one attached hydrogen (secondary N) is 2. The van der Waals surface area contributed by atoms with E-state index < -0.39 is 0 Å². The lowest BCUT2D eigenvalue weighted by Crippen LogP contribution is -2.39. The molecule has 25 heavy (non-hydrogen) atoms. The molecule has 0 bridgehead atoms. The number of nitrogens with zero attached hydrogens (tertiary/aromatic N) is 1. The average Bonchev–Trinajstić information content (AvgIpc) is 2.65. The van der Waals surface area contributed by atoms with E-state index in [4.69, 9.17) is 0 Å². The SMILES string of the molecule is CCC(C)CC1CC(CNC(=O)NCc2cccnc2)CCC1CC. The third-order valence-electron chi connectivity index (χ3n) is 5.90. The molecule has 2 N–H and O–H groups in total. The van der Waals surface area contributed by atoms with Gasteiger partial charge >= 0.3 is 6.03 Å². The number of aromatic nitrogens is 1. The molecule has 1 aliphatic rings. The number of carbonyl (C=O) groups excluding carboxylic acids is 1. The predicted molar refractivity (Wildman–Crippen MR) is 103 cm³/mol. The van der Waals surface area contributed by atoms with E-state index in [1.165, 1.54) is 38.5 Å². The van der Waals surface area contributed by atoms with Crippen LogP contribution in [0.1, 0.15) is 64.9 Å². The summed E-state index contributed by atoms with van der Waals surface area (Å²) in [6.45, 7) is 8.32. The van der Waals surface area contributed by atoms with Gasteiger partial charge in [0.25, 0.3) is 0 Å². The Morgan fingerprint density at radius 3 is 2.80 bits per heavy atom. The molecule has 0 radical (unpaired) electrons. The second kappa shape index (κ2) is 10.4. The highest BCUT2D eigenvalue weighted by molar-refractivity contribution is 5.73. The van der Waals surface area contributed by atoms with Crippen LogP contribution in [0.15, 0.2) is 24.5 Å². The minimum absolute atomic E-state index is 0.0695. The van der Waals surface area contributed by atoms with Gasteiger partial charge in [-0.25, -0.2) is 4.79 Å². The van der Waals surface area contributed by atoms with E-state index in [0.717, 1.165) is 29.9 Å². The maximum absolute atomic E-state index is 12.0. The van der Waals surface area contributed by atoms with Gasteiger partial charge in [-0.2, -0.15) is 0 Å². The molecular weight excluding hydrogens is 310 g/mol. The Labute approximate surface area is 153 Å². The van der Waals surface area contributed by atoms with Gasteiger partial charge < -0.3 is 10.6 Å². The summed E-state index contributed by atoms with van der Waals surface area (Å²) >= 11 is 0. The van der Waals surface area contributed by atoms with E-state index in [1.807, 2.05) is 12.1 Å². The van der Waals surface area contributed by atoms with Gasteiger partial charge in [-0.1, -0.05) is 39.7 Å². The molecule has 2 rings (SSSR count). The largest absolute Gasteiger partial charge is 0.338 e. The molecule has 1 aliphatic carbocycles. The molecule has 2 amide bonds. The molecule has 4 atom stereocenters. The van der Waals surface area contributed by atoms with Gasteiger partial charge in [0.1, 0.15) is 0 Å². The zero-order valence-electron chi connectivity index (χ0n) is 16.1. The van der Waals surface area contributed by atoms with Gasteiger partial charge in [-0.05, 0) is 61.0 Å². The Balaban J connectivity index is 1.73. The topological polar surface area (TPSA) is 54.0 Å². The average molecular weight is 346 g/mol. The lowest BCUT2D eigenvalue weighted by Gasteiger charge is -2.37. The molecular formula is C21H35N3O. The second-order valence-electron chi connectivity index (χ2n) is 7.78. The van der Waals surface area contributed by atoms with Gasteiger partial charge in [0, 0.05) is 25.5 Å². The van der Waals surface area contributed by atoms with Crippen LogP contribution in [0.5, 0.6) is 0 Å². The maximum atomic E-state index is 12.0. The van der Waals surface area contributed by atoms with Crippen molar-refractivity contribution in [2.45, 2.75) is 65.8 Å². The van der Waals surface area contributed by atoms with Crippen LogP contribution in [-0.2, 0) is 6.54 Å². The first-order valence-electron chi connectivity index (χ1n) is 10.0. The Morgan fingerprint density at radius 2 is 2.12 bits per heavy atom. The zero-order chi connectivity index (χ0) is 18.1. The first kappa shape index (κ1) is 19.7. The number of hydrogen-bond acceptors (Lipinski definition) is 2. The third kappa shape index (κ3) is 6.68. The van der Waals surface area contributed by atoms with E-state index in [-0.39, 0.29) is 6.03 Å². The summed E-state index contributed by atoms with van der Waals surface area (Å²) in [5.74, 6) is 3.15. The van der Waals surface area contributed by atoms with Crippen LogP contribution in [0, 0.1) is 23.7 Å². The van der Waals surface area contributed by atoms with Crippen LogP contribution in [0.25, 0.3) is 0 Å². The first-order chi connectivity index (χ1) is 12.1. The normalized spacial score (nSPS) is 24.5. The summed E-state index contributed by atoms with van der Waals surface area (Å²) in [7, 11) is 0. The van der Waals surface area contributed by atoms with Crippen LogP contribution in [0.3, 0.4) is 0 Å². The summed E-state index contributed by atoms with van der Waals surface area (Å²) in [5, 5.41) is 5.99. The Morgan fingerprint density at radius 1 is 1.28 bits per heavy atom. The van der Waals surface area contributed by atoms with Crippen molar-refractivity contribution in [3.63, 3.8) is 0 Å². The van der Waals surface area contributed by atoms with Crippen molar-refractivity contribution in [1.82, 2.24) is 15.6 Å². The van der Waals surface area contributed by atoms with Gasteiger partial charge in [-0.3, -0.25) is 4.98 Å². The van der Waals surface area contributed by atoms with Crippen molar-refractivity contribution in [3.05, 3.63) is 30.1 Å². The van der Waals surface area contributed by atoms with Crippen LogP contribution in [0.4, 0.5) is 4.79 Å². The lowest BCUT2D eigenvalue weighted by molar-refractivity contribution is 0.146. The molecule has 4 heteroatoms. The number of carbonyl (C=O) groups is 1. The minimum atomic E-state index is -0.0695. The molecule has 1 heterocycles. The van der Waals surface area contributed by atoms with Gasteiger partial charge in [0.05, 0.1) is 0 Å². The molecule has 140 valence electrons. The molecule has 0 aliphatic heterocycles. The molecule has 0 aromatic carbocycles. The van der Waals surface area contributed by atoms with Crippen LogP contribution in [0.2, 0.25) is 0 Å². The molecule has 1 aromatic heterocycles. The standard InChI is InChI=1S/C21H35N3O/c1-4-16(3)11-20-12-17(8-9-19(20)5-2)14-23-21(25)24-15-18-7-6-10-22-13-18/h6-7,10,13,16-17,19-20H,4-5,8-9,11-12,14-15H2,1-3H3,(H2,23,24,25). The van der Waals surface area contributed by atoms with Crippen molar-refractivity contribution in [2.24, 2.45) is 23.7 Å². The molecule has 1 fully saturated rings. The Kier molecular flexibility index (Phi) is 8.23. The van der Waals surface area contributed by atoms with E-state index >= 15 is 0 Å². The third-order valence-corrected chi connectivity index (χ3v) is 5.90. The summed E-state index contributed by atoms with van der Waals surface area (Å²) in [5.41, 5.74) is 1.02. The monoisotopic (exact) mass is 345 g/mol. The fraction of sp³-hybridized carbons (Fsp3) is 0.714.